The largest absolute Gasteiger partial charge is 0.351 e. The number of aromatic amines is 1. The standard InChI is InChI=1S/C18H24N4O2.ClH/c1-13-4-6-15(7-5-13)22-17(23)11-16(21-22)18(24)20-10-8-14-3-2-9-19-12-14;/h4-7,11,14,19,21H,2-3,8-10,12H2,1H3,(H,20,24);1H. The molecule has 2 heterocycles. The Balaban J connectivity index is 0.00000225. The summed E-state index contributed by atoms with van der Waals surface area (Å²) < 4.78 is 1.39. The summed E-state index contributed by atoms with van der Waals surface area (Å²) in [6.07, 6.45) is 3.37. The normalized spacial score (nSPS) is 16.9. The van der Waals surface area contributed by atoms with E-state index in [1.807, 2.05) is 31.2 Å². The monoisotopic (exact) mass is 364 g/mol. The molecule has 1 fully saturated rings. The third-order valence-electron chi connectivity index (χ3n) is 4.49. The summed E-state index contributed by atoms with van der Waals surface area (Å²) in [5.74, 6) is 0.386. The van der Waals surface area contributed by atoms with Gasteiger partial charge in [0.05, 0.1) is 5.69 Å². The van der Waals surface area contributed by atoms with Crippen molar-refractivity contribution in [3.05, 3.63) is 51.9 Å². The molecule has 6 nitrogen and oxygen atoms in total. The Kier molecular flexibility index (Phi) is 6.84. The van der Waals surface area contributed by atoms with Crippen molar-refractivity contribution in [1.29, 1.82) is 0 Å². The van der Waals surface area contributed by atoms with Crippen molar-refractivity contribution >= 4 is 18.3 Å². The van der Waals surface area contributed by atoms with Gasteiger partial charge in [0, 0.05) is 12.6 Å². The number of rotatable bonds is 5. The van der Waals surface area contributed by atoms with Crippen molar-refractivity contribution in [3.63, 3.8) is 0 Å². The lowest BCUT2D eigenvalue weighted by Crippen LogP contribution is -2.33. The van der Waals surface area contributed by atoms with Gasteiger partial charge < -0.3 is 10.6 Å². The highest BCUT2D eigenvalue weighted by molar-refractivity contribution is 5.92. The summed E-state index contributed by atoms with van der Waals surface area (Å²) in [6, 6.07) is 8.91. The number of hydrogen-bond donors (Lipinski definition) is 3. The second kappa shape index (κ2) is 8.87. The molecule has 1 unspecified atom stereocenters. The van der Waals surface area contributed by atoms with Gasteiger partial charge in [0.25, 0.3) is 11.5 Å². The molecule has 7 heteroatoms. The van der Waals surface area contributed by atoms with Gasteiger partial charge in [-0.1, -0.05) is 17.7 Å². The Morgan fingerprint density at radius 2 is 2.08 bits per heavy atom. The van der Waals surface area contributed by atoms with Crippen LogP contribution in [0.4, 0.5) is 0 Å². The molecular weight excluding hydrogens is 340 g/mol. The number of halogens is 1. The van der Waals surface area contributed by atoms with Crippen LogP contribution >= 0.6 is 12.4 Å². The van der Waals surface area contributed by atoms with Crippen molar-refractivity contribution in [2.24, 2.45) is 5.92 Å². The predicted octanol–water partition coefficient (Wildman–Crippen LogP) is 2.02. The van der Waals surface area contributed by atoms with Crippen molar-refractivity contribution < 1.29 is 4.79 Å². The van der Waals surface area contributed by atoms with E-state index in [1.54, 1.807) is 0 Å². The van der Waals surface area contributed by atoms with E-state index in [4.69, 9.17) is 0 Å². The van der Waals surface area contributed by atoms with Gasteiger partial charge in [-0.05, 0) is 57.3 Å². The maximum absolute atomic E-state index is 12.2. The quantitative estimate of drug-likeness (QED) is 0.759. The topological polar surface area (TPSA) is 78.9 Å². The van der Waals surface area contributed by atoms with Crippen LogP contribution in [-0.4, -0.2) is 35.3 Å². The van der Waals surface area contributed by atoms with Crippen LogP contribution in [0.25, 0.3) is 5.69 Å². The van der Waals surface area contributed by atoms with E-state index in [1.165, 1.54) is 23.6 Å². The lowest BCUT2D eigenvalue weighted by atomic mass is 9.96. The average molecular weight is 365 g/mol. The van der Waals surface area contributed by atoms with Crippen LogP contribution in [0, 0.1) is 12.8 Å². The molecule has 1 amide bonds. The van der Waals surface area contributed by atoms with Crippen LogP contribution < -0.4 is 16.2 Å². The fraction of sp³-hybridized carbons (Fsp3) is 0.444. The van der Waals surface area contributed by atoms with Gasteiger partial charge in [-0.2, -0.15) is 0 Å². The SMILES string of the molecule is Cc1ccc(-n2[nH]c(C(=O)NCCC3CCCNC3)cc2=O)cc1.Cl. The molecule has 0 aliphatic carbocycles. The Hall–Kier alpha value is -2.05. The van der Waals surface area contributed by atoms with E-state index < -0.39 is 0 Å². The number of carbonyl (C=O) groups is 1. The Bertz CT molecular complexity index is 745. The number of piperidine rings is 1. The van der Waals surface area contributed by atoms with Crippen molar-refractivity contribution in [2.45, 2.75) is 26.2 Å². The molecule has 25 heavy (non-hydrogen) atoms. The van der Waals surface area contributed by atoms with Gasteiger partial charge in [0.15, 0.2) is 0 Å². The summed E-state index contributed by atoms with van der Waals surface area (Å²) in [5, 5.41) is 9.16. The van der Waals surface area contributed by atoms with Crippen molar-refractivity contribution in [2.75, 3.05) is 19.6 Å². The molecule has 1 saturated heterocycles. The fourth-order valence-corrected chi connectivity index (χ4v) is 3.05. The number of amides is 1. The van der Waals surface area contributed by atoms with Crippen LogP contribution in [0.2, 0.25) is 0 Å². The second-order valence-corrected chi connectivity index (χ2v) is 6.44. The smallest absolute Gasteiger partial charge is 0.271 e. The number of H-pyrrole nitrogens is 1. The number of aromatic nitrogens is 2. The van der Waals surface area contributed by atoms with E-state index in [0.29, 0.717) is 18.2 Å². The van der Waals surface area contributed by atoms with E-state index in [0.717, 1.165) is 30.8 Å². The van der Waals surface area contributed by atoms with Crippen LogP contribution in [0.3, 0.4) is 0 Å². The first-order chi connectivity index (χ1) is 11.6. The van der Waals surface area contributed by atoms with Gasteiger partial charge in [-0.25, -0.2) is 4.68 Å². The molecule has 1 aromatic carbocycles. The molecule has 0 saturated carbocycles. The zero-order chi connectivity index (χ0) is 16.9. The minimum absolute atomic E-state index is 0. The van der Waals surface area contributed by atoms with Crippen molar-refractivity contribution in [1.82, 2.24) is 20.4 Å². The summed E-state index contributed by atoms with van der Waals surface area (Å²) >= 11 is 0. The first-order valence-corrected chi connectivity index (χ1v) is 8.51. The molecule has 3 N–H and O–H groups in total. The third kappa shape index (κ3) is 4.96. The molecule has 0 bridgehead atoms. The third-order valence-corrected chi connectivity index (χ3v) is 4.49. The van der Waals surface area contributed by atoms with Crippen LogP contribution in [0.1, 0.15) is 35.3 Å². The van der Waals surface area contributed by atoms with Crippen LogP contribution in [-0.2, 0) is 0 Å². The Morgan fingerprint density at radius 1 is 1.32 bits per heavy atom. The van der Waals surface area contributed by atoms with Gasteiger partial charge in [-0.15, -0.1) is 12.4 Å². The number of nitrogens with zero attached hydrogens (tertiary/aromatic N) is 1. The molecule has 1 aliphatic heterocycles. The highest BCUT2D eigenvalue weighted by atomic mass is 35.5. The van der Waals surface area contributed by atoms with Gasteiger partial charge in [0.2, 0.25) is 0 Å². The Morgan fingerprint density at radius 3 is 2.76 bits per heavy atom. The number of nitrogens with one attached hydrogen (secondary N) is 3. The summed E-state index contributed by atoms with van der Waals surface area (Å²) in [5.41, 5.74) is 1.90. The summed E-state index contributed by atoms with van der Waals surface area (Å²) in [4.78, 5) is 24.3. The maximum Gasteiger partial charge on any atom is 0.271 e. The molecule has 0 spiro atoms. The number of carbonyl (C=O) groups excluding carboxylic acids is 1. The summed E-state index contributed by atoms with van der Waals surface area (Å²) in [7, 11) is 0. The number of benzene rings is 1. The zero-order valence-electron chi connectivity index (χ0n) is 14.4. The van der Waals surface area contributed by atoms with Crippen LogP contribution in [0.5, 0.6) is 0 Å². The van der Waals surface area contributed by atoms with E-state index in [2.05, 4.69) is 15.7 Å². The molecule has 3 rings (SSSR count). The highest BCUT2D eigenvalue weighted by Crippen LogP contribution is 2.13. The van der Waals surface area contributed by atoms with E-state index in [-0.39, 0.29) is 23.9 Å². The van der Waals surface area contributed by atoms with Crippen LogP contribution in [0.15, 0.2) is 35.1 Å². The second-order valence-electron chi connectivity index (χ2n) is 6.44. The molecule has 136 valence electrons. The first-order valence-electron chi connectivity index (χ1n) is 8.51. The molecular formula is C18H25ClN4O2. The zero-order valence-corrected chi connectivity index (χ0v) is 15.2. The molecule has 1 aliphatic rings. The highest BCUT2D eigenvalue weighted by Gasteiger charge is 2.15. The van der Waals surface area contributed by atoms with E-state index in [9.17, 15) is 9.59 Å². The fourth-order valence-electron chi connectivity index (χ4n) is 3.05. The molecule has 2 aromatic rings. The van der Waals surface area contributed by atoms with E-state index >= 15 is 0 Å². The predicted molar refractivity (Wildman–Crippen MR) is 101 cm³/mol. The number of aryl methyl sites for hydroxylation is 1. The first kappa shape index (κ1) is 19.3. The Labute approximate surface area is 153 Å². The van der Waals surface area contributed by atoms with Crippen molar-refractivity contribution in [3.8, 4) is 5.69 Å². The molecule has 1 atom stereocenters. The minimum Gasteiger partial charge on any atom is -0.351 e. The van der Waals surface area contributed by atoms with Gasteiger partial charge in [-0.3, -0.25) is 14.7 Å². The maximum atomic E-state index is 12.2. The van der Waals surface area contributed by atoms with Gasteiger partial charge >= 0.3 is 0 Å². The molecule has 0 radical (unpaired) electrons. The molecule has 1 aromatic heterocycles. The lowest BCUT2D eigenvalue weighted by Gasteiger charge is -2.22. The number of hydrogen-bond acceptors (Lipinski definition) is 3. The summed E-state index contributed by atoms with van der Waals surface area (Å²) in [6.45, 7) is 4.73. The lowest BCUT2D eigenvalue weighted by molar-refractivity contribution is 0.0945. The minimum atomic E-state index is -0.236. The van der Waals surface area contributed by atoms with Gasteiger partial charge in [0.1, 0.15) is 5.69 Å². The average Bonchev–Trinajstić information content (AvgIpc) is 2.98.